The predicted molar refractivity (Wildman–Crippen MR) is 79.0 cm³/mol. The fourth-order valence-corrected chi connectivity index (χ4v) is 2.11. The van der Waals surface area contributed by atoms with E-state index in [1.165, 1.54) is 0 Å². The van der Waals surface area contributed by atoms with Crippen molar-refractivity contribution in [3.8, 4) is 17.5 Å². The smallest absolute Gasteiger partial charge is 0.169 e. The summed E-state index contributed by atoms with van der Waals surface area (Å²) in [6.45, 7) is 0. The molecule has 0 spiro atoms. The number of nitriles is 1. The molecule has 0 amide bonds. The van der Waals surface area contributed by atoms with Gasteiger partial charge < -0.3 is 16.2 Å². The number of pyridine rings is 1. The van der Waals surface area contributed by atoms with E-state index < -0.39 is 0 Å². The Morgan fingerprint density at radius 1 is 1.24 bits per heavy atom. The first-order valence-corrected chi connectivity index (χ1v) is 6.12. The molecule has 0 saturated carbocycles. The third-order valence-electron chi connectivity index (χ3n) is 3.21. The fourth-order valence-electron chi connectivity index (χ4n) is 2.11. The predicted octanol–water partition coefficient (Wildman–Crippen LogP) is 1.47. The number of methoxy groups -OCH3 is 1. The molecule has 0 fully saturated rings. The zero-order chi connectivity index (χ0) is 15.0. The molecule has 0 bridgehead atoms. The highest BCUT2D eigenvalue weighted by atomic mass is 16.5. The standard InChI is InChI=1S/C14H12N6O/c1-21-9-4-2-8(3-5-9)20-7-18-12-11(16)10(6-15)13(17)19-14(12)20/h2-5,7H,1H3,(H4,16,17,19). The molecule has 7 heteroatoms. The first kappa shape index (κ1) is 12.7. The van der Waals surface area contributed by atoms with Gasteiger partial charge in [-0.2, -0.15) is 5.26 Å². The van der Waals surface area contributed by atoms with E-state index in [2.05, 4.69) is 9.97 Å². The molecular weight excluding hydrogens is 268 g/mol. The van der Waals surface area contributed by atoms with Gasteiger partial charge in [0.05, 0.1) is 12.8 Å². The fraction of sp³-hybridized carbons (Fsp3) is 0.0714. The highest BCUT2D eigenvalue weighted by Crippen LogP contribution is 2.27. The second kappa shape index (κ2) is 4.68. The lowest BCUT2D eigenvalue weighted by Gasteiger charge is -2.07. The molecule has 7 nitrogen and oxygen atoms in total. The van der Waals surface area contributed by atoms with Crippen LogP contribution in [0.4, 0.5) is 11.5 Å². The minimum Gasteiger partial charge on any atom is -0.497 e. The van der Waals surface area contributed by atoms with Crippen LogP contribution in [-0.4, -0.2) is 21.6 Å². The minimum absolute atomic E-state index is 0.0951. The van der Waals surface area contributed by atoms with Crippen LogP contribution in [0.15, 0.2) is 30.6 Å². The van der Waals surface area contributed by atoms with E-state index in [1.807, 2.05) is 30.3 Å². The lowest BCUT2D eigenvalue weighted by molar-refractivity contribution is 0.415. The average Bonchev–Trinajstić information content (AvgIpc) is 2.91. The van der Waals surface area contributed by atoms with Crippen LogP contribution in [0.25, 0.3) is 16.9 Å². The van der Waals surface area contributed by atoms with Gasteiger partial charge >= 0.3 is 0 Å². The molecule has 4 N–H and O–H groups in total. The van der Waals surface area contributed by atoms with Crippen LogP contribution in [0.1, 0.15) is 5.56 Å². The largest absolute Gasteiger partial charge is 0.497 e. The number of nitrogen functional groups attached to an aromatic ring is 2. The van der Waals surface area contributed by atoms with Gasteiger partial charge in [0.15, 0.2) is 5.65 Å². The van der Waals surface area contributed by atoms with E-state index in [0.29, 0.717) is 11.2 Å². The summed E-state index contributed by atoms with van der Waals surface area (Å²) in [5, 5.41) is 9.04. The van der Waals surface area contributed by atoms with Crippen LogP contribution in [0, 0.1) is 11.3 Å². The first-order chi connectivity index (χ1) is 10.2. The lowest BCUT2D eigenvalue weighted by atomic mass is 10.2. The summed E-state index contributed by atoms with van der Waals surface area (Å²) in [4.78, 5) is 8.46. The van der Waals surface area contributed by atoms with Crippen molar-refractivity contribution >= 4 is 22.7 Å². The minimum atomic E-state index is 0.0951. The van der Waals surface area contributed by atoms with Gasteiger partial charge in [0.25, 0.3) is 0 Å². The highest BCUT2D eigenvalue weighted by Gasteiger charge is 2.15. The van der Waals surface area contributed by atoms with E-state index in [9.17, 15) is 0 Å². The van der Waals surface area contributed by atoms with Crippen LogP contribution in [0.5, 0.6) is 5.75 Å². The number of imidazole rings is 1. The number of hydrogen-bond acceptors (Lipinski definition) is 6. The van der Waals surface area contributed by atoms with Crippen LogP contribution >= 0.6 is 0 Å². The van der Waals surface area contributed by atoms with Crippen molar-refractivity contribution in [2.45, 2.75) is 0 Å². The molecule has 21 heavy (non-hydrogen) atoms. The zero-order valence-corrected chi connectivity index (χ0v) is 11.2. The molecule has 2 heterocycles. The monoisotopic (exact) mass is 280 g/mol. The normalized spacial score (nSPS) is 10.5. The van der Waals surface area contributed by atoms with Crippen molar-refractivity contribution in [3.63, 3.8) is 0 Å². The first-order valence-electron chi connectivity index (χ1n) is 6.12. The SMILES string of the molecule is COc1ccc(-n2cnc3c(N)c(C#N)c(N)nc32)cc1. The van der Waals surface area contributed by atoms with Crippen LogP contribution in [-0.2, 0) is 0 Å². The Kier molecular flexibility index (Phi) is 2.84. The number of hydrogen-bond donors (Lipinski definition) is 2. The number of rotatable bonds is 2. The molecule has 1 aromatic carbocycles. The molecule has 0 radical (unpaired) electrons. The van der Waals surface area contributed by atoms with Gasteiger partial charge in [-0.15, -0.1) is 0 Å². The maximum Gasteiger partial charge on any atom is 0.169 e. The quantitative estimate of drug-likeness (QED) is 0.734. The van der Waals surface area contributed by atoms with Crippen molar-refractivity contribution in [2.75, 3.05) is 18.6 Å². The molecule has 3 rings (SSSR count). The molecule has 0 saturated heterocycles. The number of fused-ring (bicyclic) bond motifs is 1. The number of benzene rings is 1. The molecular formula is C14H12N6O. The van der Waals surface area contributed by atoms with Crippen molar-refractivity contribution in [1.82, 2.24) is 14.5 Å². The van der Waals surface area contributed by atoms with Gasteiger partial charge in [0.2, 0.25) is 0 Å². The van der Waals surface area contributed by atoms with Crippen molar-refractivity contribution in [1.29, 1.82) is 5.26 Å². The van der Waals surface area contributed by atoms with E-state index in [-0.39, 0.29) is 17.1 Å². The van der Waals surface area contributed by atoms with Gasteiger partial charge in [-0.1, -0.05) is 0 Å². The molecule has 0 aliphatic rings. The third-order valence-corrected chi connectivity index (χ3v) is 3.21. The number of aromatic nitrogens is 3. The van der Waals surface area contributed by atoms with Gasteiger partial charge in [-0.3, -0.25) is 4.57 Å². The maximum atomic E-state index is 9.04. The van der Waals surface area contributed by atoms with E-state index in [0.717, 1.165) is 11.4 Å². The molecule has 0 aliphatic carbocycles. The van der Waals surface area contributed by atoms with Gasteiger partial charge in [-0.25, -0.2) is 9.97 Å². The van der Waals surface area contributed by atoms with Crippen molar-refractivity contribution < 1.29 is 4.74 Å². The Hall–Kier alpha value is -3.27. The van der Waals surface area contributed by atoms with E-state index in [4.69, 9.17) is 21.5 Å². The Morgan fingerprint density at radius 3 is 2.57 bits per heavy atom. The molecule has 2 aromatic heterocycles. The Bertz CT molecular complexity index is 860. The second-order valence-electron chi connectivity index (χ2n) is 4.38. The highest BCUT2D eigenvalue weighted by molar-refractivity contribution is 5.91. The number of nitrogens with two attached hydrogens (primary N) is 2. The average molecular weight is 280 g/mol. The Morgan fingerprint density at radius 2 is 1.95 bits per heavy atom. The van der Waals surface area contributed by atoms with Crippen molar-refractivity contribution in [2.24, 2.45) is 0 Å². The molecule has 104 valence electrons. The summed E-state index contributed by atoms with van der Waals surface area (Å²) >= 11 is 0. The number of nitrogens with zero attached hydrogens (tertiary/aromatic N) is 4. The topological polar surface area (TPSA) is 116 Å². The molecule has 0 unspecified atom stereocenters. The summed E-state index contributed by atoms with van der Waals surface area (Å²) in [6.07, 6.45) is 1.59. The second-order valence-corrected chi connectivity index (χ2v) is 4.38. The summed E-state index contributed by atoms with van der Waals surface area (Å²) in [5.74, 6) is 0.847. The third kappa shape index (κ3) is 1.90. The molecule has 3 aromatic rings. The van der Waals surface area contributed by atoms with Gasteiger partial charge in [0.1, 0.15) is 35.0 Å². The summed E-state index contributed by atoms with van der Waals surface area (Å²) in [5.41, 5.74) is 13.9. The summed E-state index contributed by atoms with van der Waals surface area (Å²) in [6, 6.07) is 9.34. The van der Waals surface area contributed by atoms with Gasteiger partial charge in [0, 0.05) is 5.69 Å². The zero-order valence-electron chi connectivity index (χ0n) is 11.2. The number of ether oxygens (including phenoxy) is 1. The maximum absolute atomic E-state index is 9.04. The lowest BCUT2D eigenvalue weighted by Crippen LogP contribution is -2.03. The van der Waals surface area contributed by atoms with E-state index >= 15 is 0 Å². The van der Waals surface area contributed by atoms with Crippen LogP contribution in [0.3, 0.4) is 0 Å². The Balaban J connectivity index is 2.23. The van der Waals surface area contributed by atoms with E-state index in [1.54, 1.807) is 18.0 Å². The summed E-state index contributed by atoms with van der Waals surface area (Å²) < 4.78 is 6.88. The molecule has 0 atom stereocenters. The molecule has 0 aliphatic heterocycles. The van der Waals surface area contributed by atoms with Crippen LogP contribution < -0.4 is 16.2 Å². The summed E-state index contributed by atoms with van der Waals surface area (Å²) in [7, 11) is 1.61. The van der Waals surface area contributed by atoms with Crippen LogP contribution in [0.2, 0.25) is 0 Å². The Labute approximate surface area is 120 Å². The number of anilines is 2. The van der Waals surface area contributed by atoms with Gasteiger partial charge in [-0.05, 0) is 24.3 Å². The van der Waals surface area contributed by atoms with Crippen molar-refractivity contribution in [3.05, 3.63) is 36.2 Å².